The molecule has 0 fully saturated rings. The van der Waals surface area contributed by atoms with E-state index in [1.54, 1.807) is 0 Å². The lowest BCUT2D eigenvalue weighted by Crippen LogP contribution is -2.02. The molecule has 0 bridgehead atoms. The molecule has 0 amide bonds. The lowest BCUT2D eigenvalue weighted by atomic mass is 10.1. The summed E-state index contributed by atoms with van der Waals surface area (Å²) in [6, 6.07) is 10.3. The molecule has 0 aliphatic rings. The summed E-state index contributed by atoms with van der Waals surface area (Å²) in [7, 11) is 0. The minimum absolute atomic E-state index is 0.216. The molecule has 1 unspecified atom stereocenters. The van der Waals surface area contributed by atoms with Crippen molar-refractivity contribution in [2.45, 2.75) is 13.0 Å². The van der Waals surface area contributed by atoms with Gasteiger partial charge >= 0.3 is 0 Å². The van der Waals surface area contributed by atoms with Crippen LogP contribution in [0.2, 0.25) is 0 Å². The van der Waals surface area contributed by atoms with E-state index in [9.17, 15) is 0 Å². The van der Waals surface area contributed by atoms with Crippen molar-refractivity contribution in [2.75, 3.05) is 18.6 Å². The third-order valence-corrected chi connectivity index (χ3v) is 2.50. The van der Waals surface area contributed by atoms with Crippen molar-refractivity contribution in [1.29, 1.82) is 0 Å². The van der Waals surface area contributed by atoms with Gasteiger partial charge in [-0.05, 0) is 18.7 Å². The molecule has 1 atom stereocenters. The van der Waals surface area contributed by atoms with E-state index in [2.05, 4.69) is 25.3 Å². The van der Waals surface area contributed by atoms with E-state index in [-0.39, 0.29) is 6.10 Å². The topological polar surface area (TPSA) is 9.23 Å². The van der Waals surface area contributed by atoms with Crippen molar-refractivity contribution >= 4 is 11.8 Å². The first-order valence-corrected chi connectivity index (χ1v) is 5.89. The zero-order chi connectivity index (χ0) is 9.52. The predicted molar refractivity (Wildman–Crippen MR) is 59.2 cm³/mol. The Morgan fingerprint density at radius 1 is 1.31 bits per heavy atom. The second-order valence-electron chi connectivity index (χ2n) is 2.92. The summed E-state index contributed by atoms with van der Waals surface area (Å²) in [5.41, 5.74) is 1.25. The fourth-order valence-electron chi connectivity index (χ4n) is 1.13. The summed E-state index contributed by atoms with van der Waals surface area (Å²) < 4.78 is 5.65. The van der Waals surface area contributed by atoms with Crippen LogP contribution in [0.1, 0.15) is 18.6 Å². The average molecular weight is 196 g/mol. The number of hydrogen-bond donors (Lipinski definition) is 0. The van der Waals surface area contributed by atoms with Crippen LogP contribution in [0, 0.1) is 0 Å². The van der Waals surface area contributed by atoms with Gasteiger partial charge in [0, 0.05) is 5.75 Å². The molecule has 0 radical (unpaired) electrons. The lowest BCUT2D eigenvalue weighted by molar-refractivity contribution is 0.0785. The second-order valence-corrected chi connectivity index (χ2v) is 3.90. The summed E-state index contributed by atoms with van der Waals surface area (Å²) in [5.74, 6) is 1.07. The van der Waals surface area contributed by atoms with Crippen molar-refractivity contribution < 1.29 is 4.74 Å². The van der Waals surface area contributed by atoms with Crippen LogP contribution >= 0.6 is 11.8 Å². The van der Waals surface area contributed by atoms with Crippen LogP contribution in [0.25, 0.3) is 0 Å². The fraction of sp³-hybridized carbons (Fsp3) is 0.455. The van der Waals surface area contributed by atoms with Crippen molar-refractivity contribution in [2.24, 2.45) is 0 Å². The standard InChI is InChI=1S/C11H16OS/c1-10(12-8-9-13-2)11-6-4-3-5-7-11/h3-7,10H,8-9H2,1-2H3. The molecule has 0 saturated carbocycles. The molecule has 0 aliphatic carbocycles. The molecule has 1 aromatic carbocycles. The molecule has 0 aromatic heterocycles. The molecular weight excluding hydrogens is 180 g/mol. The van der Waals surface area contributed by atoms with Gasteiger partial charge in [-0.15, -0.1) is 0 Å². The first-order chi connectivity index (χ1) is 6.34. The maximum Gasteiger partial charge on any atom is 0.0797 e. The highest BCUT2D eigenvalue weighted by Gasteiger charge is 2.03. The smallest absolute Gasteiger partial charge is 0.0797 e. The molecule has 0 saturated heterocycles. The van der Waals surface area contributed by atoms with Gasteiger partial charge in [-0.1, -0.05) is 30.3 Å². The van der Waals surface area contributed by atoms with Crippen molar-refractivity contribution in [3.63, 3.8) is 0 Å². The Hall–Kier alpha value is -0.470. The van der Waals surface area contributed by atoms with E-state index in [0.717, 1.165) is 12.4 Å². The molecule has 13 heavy (non-hydrogen) atoms. The van der Waals surface area contributed by atoms with Gasteiger partial charge in [0.15, 0.2) is 0 Å². The van der Waals surface area contributed by atoms with E-state index in [1.807, 2.05) is 30.0 Å². The minimum Gasteiger partial charge on any atom is -0.373 e. The molecule has 0 N–H and O–H groups in total. The number of rotatable bonds is 5. The molecule has 0 aliphatic heterocycles. The molecule has 0 heterocycles. The third kappa shape index (κ3) is 3.83. The van der Waals surface area contributed by atoms with Crippen LogP contribution in [0.4, 0.5) is 0 Å². The van der Waals surface area contributed by atoms with Crippen LogP contribution in [0.5, 0.6) is 0 Å². The molecule has 2 heteroatoms. The number of benzene rings is 1. The summed E-state index contributed by atoms with van der Waals surface area (Å²) in [4.78, 5) is 0. The highest BCUT2D eigenvalue weighted by atomic mass is 32.2. The van der Waals surface area contributed by atoms with Gasteiger partial charge in [0.25, 0.3) is 0 Å². The van der Waals surface area contributed by atoms with E-state index in [0.29, 0.717) is 0 Å². The lowest BCUT2D eigenvalue weighted by Gasteiger charge is -2.12. The quantitative estimate of drug-likeness (QED) is 0.669. The van der Waals surface area contributed by atoms with Crippen molar-refractivity contribution in [3.05, 3.63) is 35.9 Å². The maximum atomic E-state index is 5.65. The zero-order valence-electron chi connectivity index (χ0n) is 8.19. The Morgan fingerprint density at radius 3 is 2.62 bits per heavy atom. The van der Waals surface area contributed by atoms with Gasteiger partial charge in [0.1, 0.15) is 0 Å². The van der Waals surface area contributed by atoms with Crippen molar-refractivity contribution in [3.8, 4) is 0 Å². The van der Waals surface area contributed by atoms with Crippen LogP contribution in [-0.4, -0.2) is 18.6 Å². The molecule has 0 spiro atoms. The highest BCUT2D eigenvalue weighted by molar-refractivity contribution is 7.98. The Bertz CT molecular complexity index is 223. The average Bonchev–Trinajstić information content (AvgIpc) is 2.19. The zero-order valence-corrected chi connectivity index (χ0v) is 9.01. The van der Waals surface area contributed by atoms with Crippen LogP contribution < -0.4 is 0 Å². The Balaban J connectivity index is 2.35. The first kappa shape index (κ1) is 10.6. The van der Waals surface area contributed by atoms with E-state index in [1.165, 1.54) is 5.56 Å². The number of ether oxygens (including phenoxy) is 1. The van der Waals surface area contributed by atoms with Gasteiger partial charge in [-0.25, -0.2) is 0 Å². The SMILES string of the molecule is CSCCOC(C)c1ccccc1. The van der Waals surface area contributed by atoms with Crippen molar-refractivity contribution in [1.82, 2.24) is 0 Å². The van der Waals surface area contributed by atoms with Gasteiger partial charge < -0.3 is 4.74 Å². The monoisotopic (exact) mass is 196 g/mol. The number of hydrogen-bond acceptors (Lipinski definition) is 2. The second kappa shape index (κ2) is 6.06. The molecule has 72 valence electrons. The Kier molecular flexibility index (Phi) is 4.94. The van der Waals surface area contributed by atoms with Gasteiger partial charge in [0.05, 0.1) is 12.7 Å². The third-order valence-electron chi connectivity index (χ3n) is 1.92. The minimum atomic E-state index is 0.216. The maximum absolute atomic E-state index is 5.65. The molecule has 1 rings (SSSR count). The van der Waals surface area contributed by atoms with E-state index in [4.69, 9.17) is 4.74 Å². The van der Waals surface area contributed by atoms with Gasteiger partial charge in [-0.2, -0.15) is 11.8 Å². The highest BCUT2D eigenvalue weighted by Crippen LogP contribution is 2.15. The van der Waals surface area contributed by atoms with E-state index >= 15 is 0 Å². The normalized spacial score (nSPS) is 12.8. The van der Waals surface area contributed by atoms with Gasteiger partial charge in [0.2, 0.25) is 0 Å². The van der Waals surface area contributed by atoms with Crippen LogP contribution in [0.3, 0.4) is 0 Å². The van der Waals surface area contributed by atoms with Crippen LogP contribution in [0.15, 0.2) is 30.3 Å². The fourth-order valence-corrected chi connectivity index (χ4v) is 1.39. The summed E-state index contributed by atoms with van der Waals surface area (Å²) in [6.07, 6.45) is 2.31. The van der Waals surface area contributed by atoms with Crippen LogP contribution in [-0.2, 0) is 4.74 Å². The Morgan fingerprint density at radius 2 is 2.00 bits per heavy atom. The summed E-state index contributed by atoms with van der Waals surface area (Å²) in [6.45, 7) is 2.92. The summed E-state index contributed by atoms with van der Waals surface area (Å²) >= 11 is 1.81. The van der Waals surface area contributed by atoms with E-state index < -0.39 is 0 Å². The molecular formula is C11H16OS. The molecule has 1 nitrogen and oxygen atoms in total. The molecule has 1 aromatic rings. The summed E-state index contributed by atoms with van der Waals surface area (Å²) in [5, 5.41) is 0. The Labute approximate surface area is 84.5 Å². The van der Waals surface area contributed by atoms with Gasteiger partial charge in [-0.3, -0.25) is 0 Å². The largest absolute Gasteiger partial charge is 0.373 e. The first-order valence-electron chi connectivity index (χ1n) is 4.50. The number of thioether (sulfide) groups is 1. The predicted octanol–water partition coefficient (Wildman–Crippen LogP) is 3.13.